The van der Waals surface area contributed by atoms with Gasteiger partial charge in [-0.2, -0.15) is 4.98 Å². The molecule has 0 spiro atoms. The number of nitrogens with zero attached hydrogens (tertiary/aromatic N) is 2. The number of aromatic nitrogens is 2. The van der Waals surface area contributed by atoms with Gasteiger partial charge >= 0.3 is 0 Å². The van der Waals surface area contributed by atoms with Crippen LogP contribution in [0.5, 0.6) is 0 Å². The molecule has 3 heterocycles. The van der Waals surface area contributed by atoms with Gasteiger partial charge in [0.2, 0.25) is 5.89 Å². The number of rotatable bonds is 2. The second-order valence-electron chi connectivity index (χ2n) is 5.71. The standard InChI is InChI=1S/C13H21N3O2/c1-13(5-3-6-14-9-13)12-15-11(16-18-12)10-4-2-7-17-8-10/h10,14H,2-9H2,1H3. The highest BCUT2D eigenvalue weighted by atomic mass is 16.5. The summed E-state index contributed by atoms with van der Waals surface area (Å²) in [6.07, 6.45) is 4.48. The zero-order chi connectivity index (χ0) is 12.4. The van der Waals surface area contributed by atoms with E-state index in [1.54, 1.807) is 0 Å². The maximum Gasteiger partial charge on any atom is 0.233 e. The van der Waals surface area contributed by atoms with Gasteiger partial charge < -0.3 is 14.6 Å². The van der Waals surface area contributed by atoms with Crippen molar-refractivity contribution in [2.75, 3.05) is 26.3 Å². The van der Waals surface area contributed by atoms with Crippen LogP contribution in [-0.4, -0.2) is 36.4 Å². The summed E-state index contributed by atoms with van der Waals surface area (Å²) in [6, 6.07) is 0. The predicted octanol–water partition coefficient (Wildman–Crippen LogP) is 1.60. The Morgan fingerprint density at radius 1 is 1.39 bits per heavy atom. The lowest BCUT2D eigenvalue weighted by Gasteiger charge is -2.30. The van der Waals surface area contributed by atoms with E-state index in [1.807, 2.05) is 0 Å². The average molecular weight is 251 g/mol. The van der Waals surface area contributed by atoms with Crippen molar-refractivity contribution in [3.05, 3.63) is 11.7 Å². The molecule has 1 N–H and O–H groups in total. The van der Waals surface area contributed by atoms with Gasteiger partial charge in [0.25, 0.3) is 0 Å². The molecule has 0 bridgehead atoms. The van der Waals surface area contributed by atoms with Gasteiger partial charge in [-0.3, -0.25) is 0 Å². The van der Waals surface area contributed by atoms with E-state index >= 15 is 0 Å². The molecule has 100 valence electrons. The zero-order valence-electron chi connectivity index (χ0n) is 10.9. The Morgan fingerprint density at radius 2 is 2.33 bits per heavy atom. The van der Waals surface area contributed by atoms with Crippen LogP contribution in [0.4, 0.5) is 0 Å². The molecule has 2 aliphatic rings. The number of nitrogens with one attached hydrogen (secondary N) is 1. The van der Waals surface area contributed by atoms with E-state index in [2.05, 4.69) is 22.4 Å². The topological polar surface area (TPSA) is 60.2 Å². The molecule has 2 saturated heterocycles. The molecule has 5 nitrogen and oxygen atoms in total. The molecule has 2 atom stereocenters. The van der Waals surface area contributed by atoms with E-state index in [-0.39, 0.29) is 5.41 Å². The molecule has 3 rings (SSSR count). The minimum absolute atomic E-state index is 0.000968. The Labute approximate surface area is 107 Å². The van der Waals surface area contributed by atoms with Gasteiger partial charge in [0.15, 0.2) is 5.82 Å². The van der Waals surface area contributed by atoms with Crippen LogP contribution in [0.2, 0.25) is 0 Å². The number of piperidine rings is 1. The SMILES string of the molecule is CC1(c2nc(C3CCCOC3)no2)CCCNC1. The Morgan fingerprint density at radius 3 is 3.06 bits per heavy atom. The number of ether oxygens (including phenoxy) is 1. The van der Waals surface area contributed by atoms with Crippen molar-refractivity contribution in [1.82, 2.24) is 15.5 Å². The Hall–Kier alpha value is -0.940. The zero-order valence-corrected chi connectivity index (χ0v) is 10.9. The third kappa shape index (κ3) is 2.29. The first kappa shape index (κ1) is 12.1. The van der Waals surface area contributed by atoms with E-state index in [0.717, 1.165) is 57.3 Å². The predicted molar refractivity (Wildman–Crippen MR) is 66.5 cm³/mol. The summed E-state index contributed by atoms with van der Waals surface area (Å²) in [7, 11) is 0. The summed E-state index contributed by atoms with van der Waals surface area (Å²) in [5.41, 5.74) is -0.000968. The normalized spacial score (nSPS) is 33.5. The summed E-state index contributed by atoms with van der Waals surface area (Å²) < 4.78 is 11.0. The lowest BCUT2D eigenvalue weighted by Crippen LogP contribution is -2.41. The molecule has 0 aliphatic carbocycles. The second-order valence-corrected chi connectivity index (χ2v) is 5.71. The van der Waals surface area contributed by atoms with Gasteiger partial charge in [0.05, 0.1) is 12.0 Å². The van der Waals surface area contributed by atoms with Crippen molar-refractivity contribution in [2.45, 2.75) is 43.9 Å². The monoisotopic (exact) mass is 251 g/mol. The fourth-order valence-corrected chi connectivity index (χ4v) is 2.83. The molecule has 0 radical (unpaired) electrons. The van der Waals surface area contributed by atoms with Gasteiger partial charge in [0.1, 0.15) is 0 Å². The number of hydrogen-bond donors (Lipinski definition) is 1. The van der Waals surface area contributed by atoms with Crippen molar-refractivity contribution in [1.29, 1.82) is 0 Å². The second kappa shape index (κ2) is 4.97. The Balaban J connectivity index is 1.75. The first-order valence-corrected chi connectivity index (χ1v) is 6.90. The molecule has 2 aliphatic heterocycles. The smallest absolute Gasteiger partial charge is 0.233 e. The maximum atomic E-state index is 5.50. The first-order valence-electron chi connectivity index (χ1n) is 6.90. The van der Waals surface area contributed by atoms with Gasteiger partial charge in [0, 0.05) is 19.1 Å². The third-order valence-corrected chi connectivity index (χ3v) is 4.08. The highest BCUT2D eigenvalue weighted by Gasteiger charge is 2.35. The van der Waals surface area contributed by atoms with Crippen molar-refractivity contribution < 1.29 is 9.26 Å². The van der Waals surface area contributed by atoms with E-state index in [1.165, 1.54) is 6.42 Å². The lowest BCUT2D eigenvalue weighted by molar-refractivity contribution is 0.0773. The van der Waals surface area contributed by atoms with Gasteiger partial charge in [-0.15, -0.1) is 0 Å². The van der Waals surface area contributed by atoms with E-state index in [9.17, 15) is 0 Å². The molecule has 2 unspecified atom stereocenters. The lowest BCUT2D eigenvalue weighted by atomic mass is 9.83. The van der Waals surface area contributed by atoms with Crippen LogP contribution < -0.4 is 5.32 Å². The molecule has 5 heteroatoms. The summed E-state index contributed by atoms with van der Waals surface area (Å²) in [5, 5.41) is 7.58. The van der Waals surface area contributed by atoms with Crippen LogP contribution >= 0.6 is 0 Å². The largest absolute Gasteiger partial charge is 0.381 e. The molecule has 0 aromatic carbocycles. The molecule has 18 heavy (non-hydrogen) atoms. The summed E-state index contributed by atoms with van der Waals surface area (Å²) in [5.74, 6) is 1.93. The molecule has 2 fully saturated rings. The number of hydrogen-bond acceptors (Lipinski definition) is 5. The minimum atomic E-state index is -0.000968. The van der Waals surface area contributed by atoms with Crippen molar-refractivity contribution >= 4 is 0 Å². The van der Waals surface area contributed by atoms with E-state index in [0.29, 0.717) is 5.92 Å². The molecule has 1 aromatic rings. The fraction of sp³-hybridized carbons (Fsp3) is 0.846. The summed E-state index contributed by atoms with van der Waals surface area (Å²) in [6.45, 7) is 5.81. The molecule has 1 aromatic heterocycles. The highest BCUT2D eigenvalue weighted by Crippen LogP contribution is 2.31. The van der Waals surface area contributed by atoms with Crippen LogP contribution in [0.1, 0.15) is 50.2 Å². The minimum Gasteiger partial charge on any atom is -0.381 e. The van der Waals surface area contributed by atoms with Crippen molar-refractivity contribution in [3.8, 4) is 0 Å². The fourth-order valence-electron chi connectivity index (χ4n) is 2.83. The van der Waals surface area contributed by atoms with Gasteiger partial charge in [-0.05, 0) is 39.2 Å². The Bertz CT molecular complexity index is 393. The molecular formula is C13H21N3O2. The van der Waals surface area contributed by atoms with Crippen LogP contribution in [0.25, 0.3) is 0 Å². The molecular weight excluding hydrogens is 230 g/mol. The van der Waals surface area contributed by atoms with Crippen molar-refractivity contribution in [2.24, 2.45) is 0 Å². The summed E-state index contributed by atoms with van der Waals surface area (Å²) >= 11 is 0. The van der Waals surface area contributed by atoms with E-state index in [4.69, 9.17) is 9.26 Å². The molecule has 0 saturated carbocycles. The Kier molecular flexibility index (Phi) is 3.35. The van der Waals surface area contributed by atoms with Crippen LogP contribution in [0.15, 0.2) is 4.52 Å². The maximum absolute atomic E-state index is 5.50. The van der Waals surface area contributed by atoms with Crippen LogP contribution in [0, 0.1) is 0 Å². The van der Waals surface area contributed by atoms with Crippen LogP contribution in [-0.2, 0) is 10.2 Å². The summed E-state index contributed by atoms with van der Waals surface area (Å²) in [4.78, 5) is 4.63. The quantitative estimate of drug-likeness (QED) is 0.865. The van der Waals surface area contributed by atoms with Gasteiger partial charge in [-0.1, -0.05) is 5.16 Å². The first-order chi connectivity index (χ1) is 8.78. The molecule has 0 amide bonds. The van der Waals surface area contributed by atoms with Crippen molar-refractivity contribution in [3.63, 3.8) is 0 Å². The highest BCUT2D eigenvalue weighted by molar-refractivity contribution is 5.08. The van der Waals surface area contributed by atoms with E-state index < -0.39 is 0 Å². The van der Waals surface area contributed by atoms with Gasteiger partial charge in [-0.25, -0.2) is 0 Å². The average Bonchev–Trinajstić information content (AvgIpc) is 2.91. The van der Waals surface area contributed by atoms with Crippen LogP contribution in [0.3, 0.4) is 0 Å². The third-order valence-electron chi connectivity index (χ3n) is 4.08.